The van der Waals surface area contributed by atoms with Gasteiger partial charge >= 0.3 is 33.5 Å². The van der Waals surface area contributed by atoms with Crippen LogP contribution in [0.25, 0.3) is 0 Å². The molecule has 1 N–H and O–H groups in total. The molecule has 15 heteroatoms. The lowest BCUT2D eigenvalue weighted by Crippen LogP contribution is -2.63. The van der Waals surface area contributed by atoms with Gasteiger partial charge in [0.1, 0.15) is 12.7 Å². The lowest BCUT2D eigenvalue weighted by atomic mass is 9.47. The Labute approximate surface area is 184 Å². The quantitative estimate of drug-likeness (QED) is 0.326. The summed E-state index contributed by atoms with van der Waals surface area (Å²) in [7, 11) is -5.76. The Morgan fingerprint density at radius 1 is 1.03 bits per heavy atom. The summed E-state index contributed by atoms with van der Waals surface area (Å²) in [6.07, 6.45) is -4.33. The van der Waals surface area contributed by atoms with Gasteiger partial charge in [-0.1, -0.05) is 0 Å². The number of rotatable bonds is 6. The molecule has 4 bridgehead atoms. The van der Waals surface area contributed by atoms with Crippen molar-refractivity contribution >= 4 is 22.1 Å². The Balaban J connectivity index is 1.42. The summed E-state index contributed by atoms with van der Waals surface area (Å²) in [6, 6.07) is 0. The number of alkyl halides is 5. The van der Waals surface area contributed by atoms with Crippen molar-refractivity contribution in [2.45, 2.75) is 55.4 Å². The average Bonchev–Trinajstić information content (AvgIpc) is 3.11. The van der Waals surface area contributed by atoms with Crippen LogP contribution in [0.4, 0.5) is 22.0 Å². The normalized spacial score (nSPS) is 38.0. The third-order valence-electron chi connectivity index (χ3n) is 6.99. The monoisotopic (exact) mass is 508 g/mol. The van der Waals surface area contributed by atoms with Crippen molar-refractivity contribution in [3.8, 4) is 0 Å². The first kappa shape index (κ1) is 24.5. The van der Waals surface area contributed by atoms with Gasteiger partial charge in [-0.05, 0) is 38.0 Å². The summed E-state index contributed by atoms with van der Waals surface area (Å²) in [4.78, 5) is 23.7. The van der Waals surface area contributed by atoms with E-state index in [0.29, 0.717) is 19.3 Å². The van der Waals surface area contributed by atoms with Gasteiger partial charge in [0.2, 0.25) is 0 Å². The van der Waals surface area contributed by atoms with Crippen LogP contribution in [0.5, 0.6) is 0 Å². The first-order valence-corrected chi connectivity index (χ1v) is 11.6. The SMILES string of the molecule is O=C(OCC1COC2(O1)C1CC3CC2CC(C(=O)OCC(F)(F)S(=O)(=O)O)(C3)C1)C(F)(F)F. The molecule has 4 saturated carbocycles. The molecule has 3 unspecified atom stereocenters. The molecule has 1 heterocycles. The highest BCUT2D eigenvalue weighted by atomic mass is 32.2. The third kappa shape index (κ3) is 4.21. The summed E-state index contributed by atoms with van der Waals surface area (Å²) in [5, 5.41) is -4.65. The van der Waals surface area contributed by atoms with Crippen LogP contribution in [0.3, 0.4) is 0 Å². The molecule has 33 heavy (non-hydrogen) atoms. The molecule has 0 amide bonds. The summed E-state index contributed by atoms with van der Waals surface area (Å²) in [5.74, 6) is -5.30. The molecule has 0 aromatic carbocycles. The Bertz CT molecular complexity index is 918. The number of hydrogen-bond donors (Lipinski definition) is 1. The van der Waals surface area contributed by atoms with Gasteiger partial charge in [0.05, 0.1) is 12.0 Å². The maximum atomic E-state index is 13.5. The molecule has 0 aromatic heterocycles. The van der Waals surface area contributed by atoms with Crippen molar-refractivity contribution in [1.82, 2.24) is 0 Å². The van der Waals surface area contributed by atoms with Gasteiger partial charge in [0.15, 0.2) is 12.4 Å². The van der Waals surface area contributed by atoms with Gasteiger partial charge in [-0.15, -0.1) is 0 Å². The lowest BCUT2D eigenvalue weighted by Gasteiger charge is -2.61. The molecule has 0 radical (unpaired) electrons. The molecule has 9 nitrogen and oxygen atoms in total. The molecule has 188 valence electrons. The number of esters is 2. The number of halogens is 5. The standard InChI is InChI=1S/C18H21F5O9S/c19-16(20,33(26,27)28)8-30-13(24)15-3-9-1-10(4-15)17(11(2-9)5-15)31-7-12(32-17)6-29-14(25)18(21,22)23/h9-12H,1-8H2,(H,26,27,28). The van der Waals surface area contributed by atoms with E-state index in [9.17, 15) is 40.0 Å². The summed E-state index contributed by atoms with van der Waals surface area (Å²) in [6.45, 7) is -2.61. The molecular formula is C18H21F5O9S. The van der Waals surface area contributed by atoms with Crippen LogP contribution >= 0.6 is 0 Å². The second-order valence-corrected chi connectivity index (χ2v) is 10.7. The molecule has 1 spiro atoms. The summed E-state index contributed by atoms with van der Waals surface area (Å²) in [5.41, 5.74) is -1.16. The van der Waals surface area contributed by atoms with E-state index in [1.807, 2.05) is 0 Å². The molecule has 1 saturated heterocycles. The summed E-state index contributed by atoms with van der Waals surface area (Å²) >= 11 is 0. The fourth-order valence-corrected chi connectivity index (χ4v) is 6.07. The van der Waals surface area contributed by atoms with Crippen molar-refractivity contribution < 1.29 is 63.5 Å². The minimum atomic E-state index is -5.76. The average molecular weight is 508 g/mol. The van der Waals surface area contributed by atoms with E-state index < -0.39 is 64.0 Å². The maximum absolute atomic E-state index is 13.5. The van der Waals surface area contributed by atoms with Gasteiger partial charge in [-0.2, -0.15) is 30.4 Å². The number of ether oxygens (including phenoxy) is 4. The van der Waals surface area contributed by atoms with Gasteiger partial charge < -0.3 is 18.9 Å². The zero-order valence-electron chi connectivity index (χ0n) is 17.0. The predicted molar refractivity (Wildman–Crippen MR) is 94.0 cm³/mol. The highest BCUT2D eigenvalue weighted by Gasteiger charge is 2.68. The van der Waals surface area contributed by atoms with E-state index in [-0.39, 0.29) is 37.2 Å². The first-order chi connectivity index (χ1) is 15.1. The fraction of sp³-hybridized carbons (Fsp3) is 0.889. The van der Waals surface area contributed by atoms with E-state index in [4.69, 9.17) is 14.0 Å². The molecule has 5 fully saturated rings. The smallest absolute Gasteiger partial charge is 0.458 e. The van der Waals surface area contributed by atoms with E-state index in [0.717, 1.165) is 0 Å². The Kier molecular flexibility index (Phi) is 5.74. The molecule has 0 aromatic rings. The Hall–Kier alpha value is -1.58. The van der Waals surface area contributed by atoms with E-state index in [1.54, 1.807) is 0 Å². The number of carbonyl (C=O) groups excluding carboxylic acids is 2. The van der Waals surface area contributed by atoms with Crippen LogP contribution in [-0.2, 0) is 38.7 Å². The van der Waals surface area contributed by atoms with Crippen LogP contribution in [0.15, 0.2) is 0 Å². The molecule has 4 aliphatic carbocycles. The van der Waals surface area contributed by atoms with Crippen molar-refractivity contribution in [1.29, 1.82) is 0 Å². The largest absolute Gasteiger partial charge is 0.490 e. The maximum Gasteiger partial charge on any atom is 0.490 e. The van der Waals surface area contributed by atoms with E-state index in [2.05, 4.69) is 9.47 Å². The lowest BCUT2D eigenvalue weighted by molar-refractivity contribution is -0.308. The van der Waals surface area contributed by atoms with E-state index in [1.165, 1.54) is 0 Å². The van der Waals surface area contributed by atoms with Gasteiger partial charge in [-0.3, -0.25) is 9.35 Å². The molecule has 5 rings (SSSR count). The zero-order chi connectivity index (χ0) is 24.4. The molecule has 1 aliphatic heterocycles. The van der Waals surface area contributed by atoms with Crippen LogP contribution < -0.4 is 0 Å². The van der Waals surface area contributed by atoms with Crippen LogP contribution in [0.2, 0.25) is 0 Å². The van der Waals surface area contributed by atoms with Gasteiger partial charge in [0, 0.05) is 11.8 Å². The number of carbonyl (C=O) groups is 2. The molecular weight excluding hydrogens is 487 g/mol. The summed E-state index contributed by atoms with van der Waals surface area (Å²) < 4.78 is 115. The zero-order valence-corrected chi connectivity index (χ0v) is 17.8. The highest BCUT2D eigenvalue weighted by Crippen LogP contribution is 2.66. The van der Waals surface area contributed by atoms with Gasteiger partial charge in [-0.25, -0.2) is 4.79 Å². The Morgan fingerprint density at radius 3 is 2.18 bits per heavy atom. The van der Waals surface area contributed by atoms with Crippen molar-refractivity contribution in [2.75, 3.05) is 19.8 Å². The van der Waals surface area contributed by atoms with Crippen LogP contribution in [-0.4, -0.2) is 68.1 Å². The molecule has 5 aliphatic rings. The topological polar surface area (TPSA) is 125 Å². The van der Waals surface area contributed by atoms with Gasteiger partial charge in [0.25, 0.3) is 0 Å². The predicted octanol–water partition coefficient (Wildman–Crippen LogP) is 2.05. The fourth-order valence-electron chi connectivity index (χ4n) is 5.87. The first-order valence-electron chi connectivity index (χ1n) is 10.2. The van der Waals surface area contributed by atoms with Crippen molar-refractivity contribution in [2.24, 2.45) is 23.2 Å². The van der Waals surface area contributed by atoms with Crippen molar-refractivity contribution in [3.05, 3.63) is 0 Å². The Morgan fingerprint density at radius 2 is 1.64 bits per heavy atom. The highest BCUT2D eigenvalue weighted by molar-refractivity contribution is 7.86. The van der Waals surface area contributed by atoms with E-state index >= 15 is 0 Å². The minimum Gasteiger partial charge on any atom is -0.458 e. The second kappa shape index (κ2) is 7.71. The minimum absolute atomic E-state index is 0.0251. The van der Waals surface area contributed by atoms with Crippen LogP contribution in [0.1, 0.15) is 32.1 Å². The van der Waals surface area contributed by atoms with Crippen molar-refractivity contribution in [3.63, 3.8) is 0 Å². The van der Waals surface area contributed by atoms with Crippen LogP contribution in [0, 0.1) is 23.2 Å². The second-order valence-electron chi connectivity index (χ2n) is 9.18. The third-order valence-corrected chi connectivity index (χ3v) is 7.86. The molecule has 3 atom stereocenters. The number of hydrogen-bond acceptors (Lipinski definition) is 8.